The Hall–Kier alpha value is -2.67. The van der Waals surface area contributed by atoms with Gasteiger partial charge in [0.2, 0.25) is 0 Å². The van der Waals surface area contributed by atoms with Crippen LogP contribution >= 0.6 is 11.8 Å². The number of urea groups is 1. The van der Waals surface area contributed by atoms with E-state index >= 15 is 0 Å². The van der Waals surface area contributed by atoms with Gasteiger partial charge in [-0.25, -0.2) is 4.79 Å². The first kappa shape index (κ1) is 23.5. The van der Waals surface area contributed by atoms with Crippen LogP contribution in [0, 0.1) is 0 Å². The van der Waals surface area contributed by atoms with Crippen molar-refractivity contribution < 1.29 is 14.3 Å². The number of para-hydroxylation sites is 2. The second kappa shape index (κ2) is 9.29. The Labute approximate surface area is 200 Å². The summed E-state index contributed by atoms with van der Waals surface area (Å²) in [6, 6.07) is 15.3. The van der Waals surface area contributed by atoms with Gasteiger partial charge in [-0.1, -0.05) is 45.0 Å². The van der Waals surface area contributed by atoms with Gasteiger partial charge in [-0.2, -0.15) is 0 Å². The van der Waals surface area contributed by atoms with Crippen LogP contribution in [0.3, 0.4) is 0 Å². The average Bonchev–Trinajstić information content (AvgIpc) is 3.21. The molecule has 2 heterocycles. The van der Waals surface area contributed by atoms with Gasteiger partial charge in [-0.05, 0) is 48.1 Å². The van der Waals surface area contributed by atoms with E-state index in [-0.39, 0.29) is 22.2 Å². The molecule has 7 heteroatoms. The van der Waals surface area contributed by atoms with Gasteiger partial charge in [0, 0.05) is 31.0 Å². The van der Waals surface area contributed by atoms with E-state index in [1.54, 1.807) is 7.11 Å². The third kappa shape index (κ3) is 4.83. The summed E-state index contributed by atoms with van der Waals surface area (Å²) in [5.41, 5.74) is 2.68. The number of carbonyl (C=O) groups is 2. The number of benzene rings is 2. The minimum absolute atomic E-state index is 0.0590. The number of piperidine rings is 1. The Morgan fingerprint density at radius 2 is 1.67 bits per heavy atom. The standard InChI is InChI=1S/C26H33N3O3S/c1-25(2,3)20-11-9-19(10-12-20)23(30)29-17-18-33-26(29)13-15-28(16-14-26)24(31)27-21-7-5-6-8-22(21)32-4/h5-12H,13-18H2,1-4H3,(H,27,31). The molecular formula is C26H33N3O3S. The van der Waals surface area contributed by atoms with Crippen LogP contribution in [-0.2, 0) is 5.41 Å². The van der Waals surface area contributed by atoms with Crippen LogP contribution in [0.5, 0.6) is 5.75 Å². The first-order valence-electron chi connectivity index (χ1n) is 11.5. The largest absolute Gasteiger partial charge is 0.495 e. The molecule has 0 aliphatic carbocycles. The molecule has 2 aliphatic heterocycles. The highest BCUT2D eigenvalue weighted by Crippen LogP contribution is 2.44. The molecule has 0 unspecified atom stereocenters. The topological polar surface area (TPSA) is 61.9 Å². The van der Waals surface area contributed by atoms with E-state index in [0.29, 0.717) is 24.5 Å². The van der Waals surface area contributed by atoms with Crippen LogP contribution in [0.4, 0.5) is 10.5 Å². The summed E-state index contributed by atoms with van der Waals surface area (Å²) in [7, 11) is 1.59. The number of hydrogen-bond acceptors (Lipinski definition) is 4. The number of carbonyl (C=O) groups excluding carboxylic acids is 2. The lowest BCUT2D eigenvalue weighted by Crippen LogP contribution is -2.54. The van der Waals surface area contributed by atoms with Crippen molar-refractivity contribution in [3.8, 4) is 5.75 Å². The number of methoxy groups -OCH3 is 1. The maximum absolute atomic E-state index is 13.4. The van der Waals surface area contributed by atoms with Crippen molar-refractivity contribution in [3.63, 3.8) is 0 Å². The van der Waals surface area contributed by atoms with E-state index in [9.17, 15) is 9.59 Å². The molecular weight excluding hydrogens is 434 g/mol. The number of likely N-dealkylation sites (tertiary alicyclic amines) is 1. The monoisotopic (exact) mass is 467 g/mol. The van der Waals surface area contributed by atoms with Gasteiger partial charge in [0.25, 0.3) is 5.91 Å². The van der Waals surface area contributed by atoms with Gasteiger partial charge in [0.05, 0.1) is 17.7 Å². The molecule has 2 aromatic carbocycles. The van der Waals surface area contributed by atoms with Crippen molar-refractivity contribution in [2.24, 2.45) is 0 Å². The second-order valence-corrected chi connectivity index (χ2v) is 11.2. The molecule has 0 aromatic heterocycles. The molecule has 1 N–H and O–H groups in total. The normalized spacial score (nSPS) is 17.8. The number of nitrogens with one attached hydrogen (secondary N) is 1. The van der Waals surface area contributed by atoms with Crippen molar-refractivity contribution in [1.82, 2.24) is 9.80 Å². The zero-order chi connectivity index (χ0) is 23.6. The Morgan fingerprint density at radius 1 is 1.00 bits per heavy atom. The number of thioether (sulfide) groups is 1. The van der Waals surface area contributed by atoms with Gasteiger partial charge >= 0.3 is 6.03 Å². The maximum atomic E-state index is 13.4. The van der Waals surface area contributed by atoms with Crippen molar-refractivity contribution >= 4 is 29.4 Å². The smallest absolute Gasteiger partial charge is 0.321 e. The van der Waals surface area contributed by atoms with Crippen LogP contribution in [0.2, 0.25) is 0 Å². The third-order valence-electron chi connectivity index (χ3n) is 6.60. The number of rotatable bonds is 3. The van der Waals surface area contributed by atoms with Crippen molar-refractivity contribution in [3.05, 3.63) is 59.7 Å². The first-order chi connectivity index (χ1) is 15.7. The van der Waals surface area contributed by atoms with E-state index in [0.717, 1.165) is 30.7 Å². The average molecular weight is 468 g/mol. The highest BCUT2D eigenvalue weighted by atomic mass is 32.2. The Morgan fingerprint density at radius 3 is 2.30 bits per heavy atom. The summed E-state index contributed by atoms with van der Waals surface area (Å²) in [5.74, 6) is 1.66. The first-order valence-corrected chi connectivity index (χ1v) is 12.5. The summed E-state index contributed by atoms with van der Waals surface area (Å²) in [4.78, 5) is 29.9. The minimum Gasteiger partial charge on any atom is -0.495 e. The predicted molar refractivity (Wildman–Crippen MR) is 134 cm³/mol. The molecule has 0 atom stereocenters. The fourth-order valence-electron chi connectivity index (χ4n) is 4.58. The van der Waals surface area contributed by atoms with Gasteiger partial charge in [0.15, 0.2) is 0 Å². The fraction of sp³-hybridized carbons (Fsp3) is 0.462. The van der Waals surface area contributed by atoms with Crippen molar-refractivity contribution in [2.75, 3.05) is 37.8 Å². The summed E-state index contributed by atoms with van der Waals surface area (Å²) >= 11 is 1.85. The van der Waals surface area contributed by atoms with Gasteiger partial charge in [0.1, 0.15) is 5.75 Å². The van der Waals surface area contributed by atoms with E-state index in [1.165, 1.54) is 5.56 Å². The quantitative estimate of drug-likeness (QED) is 0.674. The number of hydrogen-bond donors (Lipinski definition) is 1. The maximum Gasteiger partial charge on any atom is 0.321 e. The minimum atomic E-state index is -0.235. The molecule has 33 heavy (non-hydrogen) atoms. The van der Waals surface area contributed by atoms with Gasteiger partial charge < -0.3 is 19.9 Å². The summed E-state index contributed by atoms with van der Waals surface area (Å²) < 4.78 is 5.34. The SMILES string of the molecule is COc1ccccc1NC(=O)N1CCC2(CC1)SCCN2C(=O)c1ccc(C(C)(C)C)cc1. The van der Waals surface area contributed by atoms with Gasteiger partial charge in [-0.15, -0.1) is 11.8 Å². The number of anilines is 1. The zero-order valence-corrected chi connectivity index (χ0v) is 20.7. The van der Waals surface area contributed by atoms with Gasteiger partial charge in [-0.3, -0.25) is 4.79 Å². The summed E-state index contributed by atoms with van der Waals surface area (Å²) in [5, 5.41) is 2.96. The molecule has 6 nitrogen and oxygen atoms in total. The molecule has 2 saturated heterocycles. The second-order valence-electron chi connectivity index (χ2n) is 9.70. The molecule has 0 saturated carbocycles. The molecule has 2 fully saturated rings. The highest BCUT2D eigenvalue weighted by Gasteiger charge is 2.47. The lowest BCUT2D eigenvalue weighted by molar-refractivity contribution is 0.0585. The zero-order valence-electron chi connectivity index (χ0n) is 19.9. The van der Waals surface area contributed by atoms with Crippen LogP contribution in [0.25, 0.3) is 0 Å². The van der Waals surface area contributed by atoms with E-state index in [1.807, 2.05) is 58.0 Å². The van der Waals surface area contributed by atoms with Crippen LogP contribution in [0.1, 0.15) is 49.5 Å². The lowest BCUT2D eigenvalue weighted by Gasteiger charge is -2.44. The molecule has 2 aromatic rings. The number of ether oxygens (including phenoxy) is 1. The van der Waals surface area contributed by atoms with Crippen LogP contribution < -0.4 is 10.1 Å². The molecule has 0 bridgehead atoms. The fourth-order valence-corrected chi connectivity index (χ4v) is 6.03. The summed E-state index contributed by atoms with van der Waals surface area (Å²) in [6.07, 6.45) is 1.53. The predicted octanol–water partition coefficient (Wildman–Crippen LogP) is 5.21. The Kier molecular flexibility index (Phi) is 6.61. The molecule has 3 amide bonds. The molecule has 0 radical (unpaired) electrons. The lowest BCUT2D eigenvalue weighted by atomic mass is 9.86. The molecule has 4 rings (SSSR count). The van der Waals surface area contributed by atoms with E-state index in [4.69, 9.17) is 4.74 Å². The van der Waals surface area contributed by atoms with Crippen molar-refractivity contribution in [1.29, 1.82) is 0 Å². The number of nitrogens with zero attached hydrogens (tertiary/aromatic N) is 2. The highest BCUT2D eigenvalue weighted by molar-refractivity contribution is 8.00. The summed E-state index contributed by atoms with van der Waals surface area (Å²) in [6.45, 7) is 8.49. The van der Waals surface area contributed by atoms with Crippen molar-refractivity contribution in [2.45, 2.75) is 43.9 Å². The van der Waals surface area contributed by atoms with E-state index in [2.05, 4.69) is 38.2 Å². The molecule has 176 valence electrons. The molecule has 1 spiro atoms. The Balaban J connectivity index is 1.41. The van der Waals surface area contributed by atoms with Crippen LogP contribution in [-0.4, -0.2) is 59.1 Å². The number of amides is 3. The molecule has 2 aliphatic rings. The van der Waals surface area contributed by atoms with E-state index < -0.39 is 0 Å². The Bertz CT molecular complexity index is 1010. The third-order valence-corrected chi connectivity index (χ3v) is 8.15. The van der Waals surface area contributed by atoms with Crippen LogP contribution in [0.15, 0.2) is 48.5 Å².